The van der Waals surface area contributed by atoms with Gasteiger partial charge < -0.3 is 0 Å². The van der Waals surface area contributed by atoms with Crippen molar-refractivity contribution in [3.63, 3.8) is 0 Å². The highest BCUT2D eigenvalue weighted by Gasteiger charge is 2.22. The molecule has 0 fully saturated rings. The summed E-state index contributed by atoms with van der Waals surface area (Å²) in [5, 5.41) is 0. The van der Waals surface area contributed by atoms with Crippen LogP contribution in [0.5, 0.6) is 0 Å². The van der Waals surface area contributed by atoms with Gasteiger partial charge in [-0.2, -0.15) is 0 Å². The third-order valence-electron chi connectivity index (χ3n) is 2.37. The predicted molar refractivity (Wildman–Crippen MR) is 64.4 cm³/mol. The number of allylic oxidation sites excluding steroid dienone is 6. The molecule has 0 saturated carbocycles. The number of hydrazine groups is 1. The lowest BCUT2D eigenvalue weighted by atomic mass is 10.1. The molecule has 0 aromatic carbocycles. The summed E-state index contributed by atoms with van der Waals surface area (Å²) in [6, 6.07) is 0. The first-order chi connectivity index (χ1) is 7.47. The zero-order valence-corrected chi connectivity index (χ0v) is 9.79. The van der Waals surface area contributed by atoms with Crippen molar-refractivity contribution in [2.24, 2.45) is 0 Å². The number of hydrogen-bond donors (Lipinski definition) is 2. The highest BCUT2D eigenvalue weighted by atomic mass is 16.2. The Balaban J connectivity index is 1.98. The van der Waals surface area contributed by atoms with Crippen LogP contribution < -0.4 is 10.9 Å². The molecule has 3 heteroatoms. The van der Waals surface area contributed by atoms with Gasteiger partial charge in [0.2, 0.25) is 0 Å². The summed E-state index contributed by atoms with van der Waals surface area (Å²) < 4.78 is 0. The average Bonchev–Trinajstić information content (AvgIpc) is 2.73. The standard InChI is InChI=1S/C13H16N2O/c1-13(2,3)15-14-12(16)11-8-7-9-5-4-6-10(9)11/h4-8,15H,1-3H3,(H,14,16). The first-order valence-electron chi connectivity index (χ1n) is 5.36. The molecular formula is C13H16N2O. The van der Waals surface area contributed by atoms with Crippen LogP contribution in [0, 0.1) is 0 Å². The van der Waals surface area contributed by atoms with Crippen LogP contribution in [0.3, 0.4) is 0 Å². The van der Waals surface area contributed by atoms with Crippen LogP contribution in [-0.4, -0.2) is 11.4 Å². The molecule has 84 valence electrons. The molecule has 3 nitrogen and oxygen atoms in total. The predicted octanol–water partition coefficient (Wildman–Crippen LogP) is 1.77. The fourth-order valence-electron chi connectivity index (χ4n) is 1.60. The molecule has 16 heavy (non-hydrogen) atoms. The fourth-order valence-corrected chi connectivity index (χ4v) is 1.60. The third kappa shape index (κ3) is 2.14. The van der Waals surface area contributed by atoms with Gasteiger partial charge in [-0.3, -0.25) is 10.2 Å². The Hall–Kier alpha value is -1.61. The van der Waals surface area contributed by atoms with Crippen LogP contribution in [-0.2, 0) is 4.79 Å². The van der Waals surface area contributed by atoms with Crippen molar-refractivity contribution < 1.29 is 4.79 Å². The van der Waals surface area contributed by atoms with Crippen LogP contribution in [0.2, 0.25) is 0 Å². The molecule has 0 aromatic rings. The molecule has 2 aliphatic carbocycles. The van der Waals surface area contributed by atoms with Gasteiger partial charge in [-0.15, -0.1) is 0 Å². The Labute approximate surface area is 95.6 Å². The molecule has 1 amide bonds. The Kier molecular flexibility index (Phi) is 2.56. The van der Waals surface area contributed by atoms with E-state index in [0.717, 1.165) is 16.7 Å². The van der Waals surface area contributed by atoms with E-state index in [4.69, 9.17) is 0 Å². The first kappa shape index (κ1) is 10.9. The van der Waals surface area contributed by atoms with E-state index in [0.29, 0.717) is 0 Å². The minimum absolute atomic E-state index is 0.0869. The van der Waals surface area contributed by atoms with Gasteiger partial charge in [0.15, 0.2) is 0 Å². The van der Waals surface area contributed by atoms with Crippen LogP contribution in [0.4, 0.5) is 0 Å². The molecule has 2 N–H and O–H groups in total. The summed E-state index contributed by atoms with van der Waals surface area (Å²) in [7, 11) is 0. The number of carbonyl (C=O) groups is 1. The highest BCUT2D eigenvalue weighted by Crippen LogP contribution is 2.30. The monoisotopic (exact) mass is 216 g/mol. The van der Waals surface area contributed by atoms with Gasteiger partial charge in [-0.05, 0) is 38.0 Å². The van der Waals surface area contributed by atoms with Gasteiger partial charge in [-0.1, -0.05) is 24.3 Å². The molecule has 0 radical (unpaired) electrons. The van der Waals surface area contributed by atoms with Crippen molar-refractivity contribution in [2.75, 3.05) is 0 Å². The maximum Gasteiger partial charge on any atom is 0.266 e. The second-order valence-electron chi connectivity index (χ2n) is 4.97. The minimum atomic E-state index is -0.132. The summed E-state index contributed by atoms with van der Waals surface area (Å²) >= 11 is 0. The number of rotatable bonds is 2. The number of fused-ring (bicyclic) bond motifs is 1. The third-order valence-corrected chi connectivity index (χ3v) is 2.37. The minimum Gasteiger partial charge on any atom is -0.287 e. The number of amides is 1. The summed E-state index contributed by atoms with van der Waals surface area (Å²) in [5.41, 5.74) is 8.39. The summed E-state index contributed by atoms with van der Waals surface area (Å²) in [5.74, 6) is -0.0869. The van der Waals surface area contributed by atoms with Crippen LogP contribution >= 0.6 is 0 Å². The number of nitrogens with one attached hydrogen (secondary N) is 2. The zero-order chi connectivity index (χ0) is 11.8. The molecule has 0 spiro atoms. The first-order valence-corrected chi connectivity index (χ1v) is 5.36. The smallest absolute Gasteiger partial charge is 0.266 e. The van der Waals surface area contributed by atoms with Gasteiger partial charge in [0, 0.05) is 11.1 Å². The summed E-state index contributed by atoms with van der Waals surface area (Å²) in [6.07, 6.45) is 9.73. The molecule has 0 bridgehead atoms. The number of hydrogen-bond acceptors (Lipinski definition) is 2. The number of carbonyl (C=O) groups excluding carboxylic acids is 1. The Morgan fingerprint density at radius 2 is 1.94 bits per heavy atom. The van der Waals surface area contributed by atoms with Crippen LogP contribution in [0.15, 0.2) is 47.1 Å². The van der Waals surface area contributed by atoms with Crippen molar-refractivity contribution in [3.05, 3.63) is 47.1 Å². The van der Waals surface area contributed by atoms with Gasteiger partial charge in [0.25, 0.3) is 5.91 Å². The average molecular weight is 216 g/mol. The van der Waals surface area contributed by atoms with Gasteiger partial charge in [0.05, 0.1) is 0 Å². The molecule has 2 aliphatic rings. The van der Waals surface area contributed by atoms with Crippen molar-refractivity contribution in [2.45, 2.75) is 26.3 Å². The van der Waals surface area contributed by atoms with E-state index < -0.39 is 0 Å². The van der Waals surface area contributed by atoms with Gasteiger partial charge in [0.1, 0.15) is 0 Å². The van der Waals surface area contributed by atoms with Crippen molar-refractivity contribution >= 4 is 5.91 Å². The van der Waals surface area contributed by atoms with Crippen molar-refractivity contribution in [3.8, 4) is 0 Å². The molecule has 0 aromatic heterocycles. The zero-order valence-electron chi connectivity index (χ0n) is 9.79. The van der Waals surface area contributed by atoms with E-state index in [1.54, 1.807) is 0 Å². The van der Waals surface area contributed by atoms with E-state index in [9.17, 15) is 4.79 Å². The van der Waals surface area contributed by atoms with E-state index in [2.05, 4.69) is 10.9 Å². The lowest BCUT2D eigenvalue weighted by Gasteiger charge is -2.21. The molecule has 0 aliphatic heterocycles. The quantitative estimate of drug-likeness (QED) is 0.691. The maximum absolute atomic E-state index is 11.9. The second kappa shape index (κ2) is 3.76. The molecular weight excluding hydrogens is 200 g/mol. The molecule has 0 atom stereocenters. The molecule has 2 rings (SSSR count). The lowest BCUT2D eigenvalue weighted by Crippen LogP contribution is -2.49. The Morgan fingerprint density at radius 1 is 1.19 bits per heavy atom. The molecule has 0 heterocycles. The maximum atomic E-state index is 11.9. The Morgan fingerprint density at radius 3 is 2.62 bits per heavy atom. The topological polar surface area (TPSA) is 41.1 Å². The summed E-state index contributed by atoms with van der Waals surface area (Å²) in [6.45, 7) is 5.99. The molecule has 0 unspecified atom stereocenters. The normalized spacial score (nSPS) is 17.8. The van der Waals surface area contributed by atoms with Crippen molar-refractivity contribution in [1.29, 1.82) is 0 Å². The lowest BCUT2D eigenvalue weighted by molar-refractivity contribution is -0.118. The largest absolute Gasteiger partial charge is 0.287 e. The second-order valence-corrected chi connectivity index (χ2v) is 4.97. The van der Waals surface area contributed by atoms with Crippen LogP contribution in [0.25, 0.3) is 0 Å². The summed E-state index contributed by atoms with van der Waals surface area (Å²) in [4.78, 5) is 11.9. The SMILES string of the molecule is CC(C)(C)NNC(=O)C1=CC=C2C=CC=C21. The van der Waals surface area contributed by atoms with Gasteiger partial charge in [-0.25, -0.2) is 5.43 Å². The highest BCUT2D eigenvalue weighted by molar-refractivity contribution is 6.01. The molecule has 0 saturated heterocycles. The van der Waals surface area contributed by atoms with E-state index in [-0.39, 0.29) is 11.4 Å². The Bertz CT molecular complexity index is 445. The van der Waals surface area contributed by atoms with Crippen LogP contribution in [0.1, 0.15) is 20.8 Å². The van der Waals surface area contributed by atoms with Gasteiger partial charge >= 0.3 is 0 Å². The van der Waals surface area contributed by atoms with E-state index in [1.165, 1.54) is 0 Å². The fraction of sp³-hybridized carbons (Fsp3) is 0.308. The van der Waals surface area contributed by atoms with E-state index >= 15 is 0 Å². The van der Waals surface area contributed by atoms with Crippen molar-refractivity contribution in [1.82, 2.24) is 10.9 Å². The van der Waals surface area contributed by atoms with E-state index in [1.807, 2.05) is 51.2 Å².